The van der Waals surface area contributed by atoms with Gasteiger partial charge >= 0.3 is 0 Å². The standard InChI is InChI=1S/C16H18N2O3/c1-12-2-4-13(5-3-12)14-6-7-15(19)18(17-14)9-8-16-20-10-11-21-16/h2-7,16H,8-11H2,1H3. The molecule has 0 saturated carbocycles. The molecule has 0 atom stereocenters. The zero-order valence-electron chi connectivity index (χ0n) is 12.0. The lowest BCUT2D eigenvalue weighted by Crippen LogP contribution is -2.24. The van der Waals surface area contributed by atoms with Gasteiger partial charge in [0.1, 0.15) is 0 Å². The molecule has 0 radical (unpaired) electrons. The number of rotatable bonds is 4. The van der Waals surface area contributed by atoms with Gasteiger partial charge in [0, 0.05) is 24.6 Å². The lowest BCUT2D eigenvalue weighted by molar-refractivity contribution is -0.0497. The van der Waals surface area contributed by atoms with Crippen LogP contribution < -0.4 is 5.56 Å². The molecule has 1 aromatic carbocycles. The SMILES string of the molecule is Cc1ccc(-c2ccc(=O)n(CCC3OCCO3)n2)cc1. The van der Waals surface area contributed by atoms with Gasteiger partial charge in [0.15, 0.2) is 6.29 Å². The average molecular weight is 286 g/mol. The van der Waals surface area contributed by atoms with Gasteiger partial charge in [0.05, 0.1) is 18.9 Å². The Morgan fingerprint density at radius 2 is 1.86 bits per heavy atom. The fourth-order valence-corrected chi connectivity index (χ4v) is 2.29. The summed E-state index contributed by atoms with van der Waals surface area (Å²) in [5.41, 5.74) is 2.89. The third kappa shape index (κ3) is 3.37. The maximum absolute atomic E-state index is 11.9. The van der Waals surface area contributed by atoms with Crippen molar-refractivity contribution in [3.63, 3.8) is 0 Å². The van der Waals surface area contributed by atoms with E-state index >= 15 is 0 Å². The van der Waals surface area contributed by atoms with Crippen LogP contribution in [0.1, 0.15) is 12.0 Å². The molecule has 0 unspecified atom stereocenters. The minimum Gasteiger partial charge on any atom is -0.350 e. The molecule has 1 aromatic heterocycles. The van der Waals surface area contributed by atoms with E-state index in [1.54, 1.807) is 12.1 Å². The lowest BCUT2D eigenvalue weighted by atomic mass is 10.1. The maximum Gasteiger partial charge on any atom is 0.266 e. The van der Waals surface area contributed by atoms with Gasteiger partial charge in [0.2, 0.25) is 0 Å². The van der Waals surface area contributed by atoms with Gasteiger partial charge in [-0.15, -0.1) is 0 Å². The molecule has 0 amide bonds. The maximum atomic E-state index is 11.9. The summed E-state index contributed by atoms with van der Waals surface area (Å²) in [6.45, 7) is 3.77. The Hall–Kier alpha value is -1.98. The molecule has 1 aliphatic rings. The Labute approximate surface area is 123 Å². The second kappa shape index (κ2) is 6.20. The summed E-state index contributed by atoms with van der Waals surface area (Å²) in [7, 11) is 0. The van der Waals surface area contributed by atoms with E-state index in [9.17, 15) is 4.79 Å². The lowest BCUT2D eigenvalue weighted by Gasteiger charge is -2.10. The van der Waals surface area contributed by atoms with Gasteiger partial charge in [-0.05, 0) is 13.0 Å². The van der Waals surface area contributed by atoms with E-state index in [0.717, 1.165) is 11.3 Å². The summed E-state index contributed by atoms with van der Waals surface area (Å²) in [5, 5.41) is 4.43. The molecule has 0 bridgehead atoms. The third-order valence-electron chi connectivity index (χ3n) is 3.48. The van der Waals surface area contributed by atoms with Crippen molar-refractivity contribution in [1.82, 2.24) is 9.78 Å². The van der Waals surface area contributed by atoms with Crippen LogP contribution in [0.2, 0.25) is 0 Å². The first-order valence-corrected chi connectivity index (χ1v) is 7.11. The highest BCUT2D eigenvalue weighted by atomic mass is 16.7. The molecule has 5 nitrogen and oxygen atoms in total. The van der Waals surface area contributed by atoms with Gasteiger partial charge in [-0.1, -0.05) is 29.8 Å². The zero-order valence-corrected chi connectivity index (χ0v) is 12.0. The molecule has 2 heterocycles. The Kier molecular flexibility index (Phi) is 4.13. The molecule has 0 N–H and O–H groups in total. The summed E-state index contributed by atoms with van der Waals surface area (Å²) in [6, 6.07) is 11.4. The Balaban J connectivity index is 1.78. The number of hydrogen-bond donors (Lipinski definition) is 0. The molecular formula is C16H18N2O3. The highest BCUT2D eigenvalue weighted by Crippen LogP contribution is 2.16. The normalized spacial score (nSPS) is 15.5. The van der Waals surface area contributed by atoms with E-state index in [4.69, 9.17) is 9.47 Å². The summed E-state index contributed by atoms with van der Waals surface area (Å²) in [4.78, 5) is 11.9. The summed E-state index contributed by atoms with van der Waals surface area (Å²) >= 11 is 0. The van der Waals surface area contributed by atoms with Crippen LogP contribution in [0, 0.1) is 6.92 Å². The smallest absolute Gasteiger partial charge is 0.266 e. The highest BCUT2D eigenvalue weighted by molar-refractivity contribution is 5.58. The molecular weight excluding hydrogens is 268 g/mol. The van der Waals surface area contributed by atoms with Crippen molar-refractivity contribution in [2.45, 2.75) is 26.2 Å². The predicted octanol–water partition coefficient (Wildman–Crippen LogP) is 1.98. The van der Waals surface area contributed by atoms with Crippen molar-refractivity contribution in [2.75, 3.05) is 13.2 Å². The first-order valence-electron chi connectivity index (χ1n) is 7.11. The predicted molar refractivity (Wildman–Crippen MR) is 79.0 cm³/mol. The van der Waals surface area contributed by atoms with Gasteiger partial charge in [-0.2, -0.15) is 5.10 Å². The Morgan fingerprint density at radius 3 is 2.57 bits per heavy atom. The number of benzene rings is 1. The van der Waals surface area contributed by atoms with Crippen molar-refractivity contribution in [1.29, 1.82) is 0 Å². The number of ether oxygens (including phenoxy) is 2. The van der Waals surface area contributed by atoms with Gasteiger partial charge < -0.3 is 9.47 Å². The number of aryl methyl sites for hydroxylation is 2. The first kappa shape index (κ1) is 14.0. The topological polar surface area (TPSA) is 53.4 Å². The van der Waals surface area contributed by atoms with Crippen LogP contribution in [-0.4, -0.2) is 29.3 Å². The highest BCUT2D eigenvalue weighted by Gasteiger charge is 2.16. The monoisotopic (exact) mass is 286 g/mol. The minimum absolute atomic E-state index is 0.108. The number of nitrogens with zero attached hydrogens (tertiary/aromatic N) is 2. The number of aromatic nitrogens is 2. The van der Waals surface area contributed by atoms with E-state index in [1.807, 2.05) is 31.2 Å². The largest absolute Gasteiger partial charge is 0.350 e. The zero-order chi connectivity index (χ0) is 14.7. The van der Waals surface area contributed by atoms with Crippen LogP contribution in [0.25, 0.3) is 11.3 Å². The Morgan fingerprint density at radius 1 is 1.14 bits per heavy atom. The molecule has 1 aliphatic heterocycles. The van der Waals surface area contributed by atoms with E-state index in [0.29, 0.717) is 26.2 Å². The van der Waals surface area contributed by atoms with E-state index in [2.05, 4.69) is 5.10 Å². The van der Waals surface area contributed by atoms with Crippen LogP contribution in [0.15, 0.2) is 41.2 Å². The molecule has 1 fully saturated rings. The summed E-state index contributed by atoms with van der Waals surface area (Å²) in [6.07, 6.45) is 0.409. The van der Waals surface area contributed by atoms with Crippen molar-refractivity contribution in [3.05, 3.63) is 52.3 Å². The third-order valence-corrected chi connectivity index (χ3v) is 3.48. The van der Waals surface area contributed by atoms with Crippen LogP contribution in [0.5, 0.6) is 0 Å². The van der Waals surface area contributed by atoms with E-state index in [-0.39, 0.29) is 11.8 Å². The van der Waals surface area contributed by atoms with Gasteiger partial charge in [-0.25, -0.2) is 4.68 Å². The summed E-state index contributed by atoms with van der Waals surface area (Å²) < 4.78 is 12.2. The fraction of sp³-hybridized carbons (Fsp3) is 0.375. The molecule has 3 rings (SSSR count). The van der Waals surface area contributed by atoms with Crippen molar-refractivity contribution in [2.24, 2.45) is 0 Å². The fourth-order valence-electron chi connectivity index (χ4n) is 2.29. The molecule has 2 aromatic rings. The first-order chi connectivity index (χ1) is 10.2. The summed E-state index contributed by atoms with van der Waals surface area (Å²) in [5.74, 6) is 0. The van der Waals surface area contributed by atoms with Crippen LogP contribution in [-0.2, 0) is 16.0 Å². The van der Waals surface area contributed by atoms with Crippen LogP contribution in [0.4, 0.5) is 0 Å². The molecule has 0 spiro atoms. The molecule has 1 saturated heterocycles. The molecule has 0 aliphatic carbocycles. The minimum atomic E-state index is -0.221. The van der Waals surface area contributed by atoms with Crippen molar-refractivity contribution >= 4 is 0 Å². The van der Waals surface area contributed by atoms with E-state index < -0.39 is 0 Å². The Bertz CT molecular complexity index is 658. The number of hydrogen-bond acceptors (Lipinski definition) is 4. The average Bonchev–Trinajstić information content (AvgIpc) is 3.01. The molecule has 110 valence electrons. The second-order valence-electron chi connectivity index (χ2n) is 5.11. The second-order valence-corrected chi connectivity index (χ2v) is 5.11. The molecule has 5 heteroatoms. The van der Waals surface area contributed by atoms with Crippen molar-refractivity contribution < 1.29 is 9.47 Å². The van der Waals surface area contributed by atoms with E-state index in [1.165, 1.54) is 10.2 Å². The quantitative estimate of drug-likeness (QED) is 0.862. The van der Waals surface area contributed by atoms with Crippen molar-refractivity contribution in [3.8, 4) is 11.3 Å². The van der Waals surface area contributed by atoms with Crippen LogP contribution >= 0.6 is 0 Å². The van der Waals surface area contributed by atoms with Gasteiger partial charge in [0.25, 0.3) is 5.56 Å². The van der Waals surface area contributed by atoms with Gasteiger partial charge in [-0.3, -0.25) is 4.79 Å². The van der Waals surface area contributed by atoms with Crippen LogP contribution in [0.3, 0.4) is 0 Å². The molecule has 21 heavy (non-hydrogen) atoms.